The molecule has 0 aromatic carbocycles. The summed E-state index contributed by atoms with van der Waals surface area (Å²) in [5.74, 6) is 0.622. The smallest absolute Gasteiger partial charge is 0.260 e. The molecule has 2 N–H and O–H groups in total. The number of hydrogen-bond acceptors (Lipinski definition) is 4. The lowest BCUT2D eigenvalue weighted by molar-refractivity contribution is 0.227. The highest BCUT2D eigenvalue weighted by Crippen LogP contribution is 2.37. The highest BCUT2D eigenvalue weighted by Gasteiger charge is 2.44. The molecule has 6 nitrogen and oxygen atoms in total. The number of sulfonamides is 1. The second-order valence-corrected chi connectivity index (χ2v) is 7.77. The van der Waals surface area contributed by atoms with E-state index in [-0.39, 0.29) is 18.4 Å². The van der Waals surface area contributed by atoms with E-state index in [2.05, 4.69) is 5.10 Å². The largest absolute Gasteiger partial charge is 0.327 e. The summed E-state index contributed by atoms with van der Waals surface area (Å²) in [5.41, 5.74) is 6.15. The first-order valence-corrected chi connectivity index (χ1v) is 8.75. The van der Waals surface area contributed by atoms with Gasteiger partial charge in [-0.3, -0.25) is 4.68 Å². The lowest BCUT2D eigenvalue weighted by atomic mass is 9.95. The van der Waals surface area contributed by atoms with Gasteiger partial charge >= 0.3 is 0 Å². The highest BCUT2D eigenvalue weighted by molar-refractivity contribution is 7.89. The minimum atomic E-state index is -3.44. The van der Waals surface area contributed by atoms with Crippen molar-refractivity contribution in [1.29, 1.82) is 0 Å². The van der Waals surface area contributed by atoms with E-state index in [1.165, 1.54) is 0 Å². The standard InChI is InChI=1S/C13H22N4O2S.ClH/c1-2-7-17-12(5-6-15-17)20(18,19)16-8-10-3-4-11(9-16)13(10)14;/h5-6,10-11,13H,2-4,7-9,14H2,1H3;1H/t10-,11+,13?;. The number of nitrogens with two attached hydrogens (primary N) is 1. The van der Waals surface area contributed by atoms with Crippen LogP contribution in [0.25, 0.3) is 0 Å². The molecule has 2 heterocycles. The van der Waals surface area contributed by atoms with Gasteiger partial charge in [0.2, 0.25) is 0 Å². The number of rotatable bonds is 4. The van der Waals surface area contributed by atoms with Gasteiger partial charge in [0, 0.05) is 25.7 Å². The molecule has 1 saturated heterocycles. The van der Waals surface area contributed by atoms with Crippen LogP contribution in [0.15, 0.2) is 17.3 Å². The number of halogens is 1. The normalized spacial score (nSPS) is 29.3. The fourth-order valence-corrected chi connectivity index (χ4v) is 5.15. The molecular weight excluding hydrogens is 312 g/mol. The van der Waals surface area contributed by atoms with Crippen LogP contribution in [-0.4, -0.2) is 41.6 Å². The molecule has 1 aliphatic carbocycles. The highest BCUT2D eigenvalue weighted by atomic mass is 35.5. The van der Waals surface area contributed by atoms with Crippen LogP contribution < -0.4 is 5.73 Å². The molecule has 3 atom stereocenters. The second-order valence-electron chi connectivity index (χ2n) is 5.89. The van der Waals surface area contributed by atoms with Gasteiger partial charge < -0.3 is 5.73 Å². The second kappa shape index (κ2) is 6.24. The maximum Gasteiger partial charge on any atom is 0.260 e. The molecule has 2 fully saturated rings. The van der Waals surface area contributed by atoms with Crippen molar-refractivity contribution in [3.05, 3.63) is 12.3 Å². The SMILES string of the molecule is CCCn1nccc1S(=O)(=O)N1C[C@H]2CC[C@@H](C1)C2N.Cl. The molecule has 21 heavy (non-hydrogen) atoms. The molecule has 120 valence electrons. The molecular formula is C13H23ClN4O2S. The van der Waals surface area contributed by atoms with Gasteiger partial charge in [-0.1, -0.05) is 6.92 Å². The van der Waals surface area contributed by atoms with Crippen molar-refractivity contribution < 1.29 is 8.42 Å². The summed E-state index contributed by atoms with van der Waals surface area (Å²) in [6, 6.07) is 1.77. The average molecular weight is 335 g/mol. The van der Waals surface area contributed by atoms with Crippen LogP contribution in [0.5, 0.6) is 0 Å². The minimum absolute atomic E-state index is 0. The van der Waals surface area contributed by atoms with Crippen LogP contribution >= 0.6 is 12.4 Å². The van der Waals surface area contributed by atoms with Crippen molar-refractivity contribution in [1.82, 2.24) is 14.1 Å². The number of nitrogens with zero attached hydrogens (tertiary/aromatic N) is 3. The zero-order chi connectivity index (χ0) is 14.3. The summed E-state index contributed by atoms with van der Waals surface area (Å²) >= 11 is 0. The summed E-state index contributed by atoms with van der Waals surface area (Å²) in [7, 11) is -3.44. The number of aromatic nitrogens is 2. The molecule has 1 aromatic heterocycles. The molecule has 3 rings (SSSR count). The van der Waals surface area contributed by atoms with E-state index in [4.69, 9.17) is 5.73 Å². The average Bonchev–Trinajstić information content (AvgIpc) is 2.92. The van der Waals surface area contributed by atoms with Gasteiger partial charge in [-0.05, 0) is 37.2 Å². The molecule has 2 bridgehead atoms. The summed E-state index contributed by atoms with van der Waals surface area (Å²) in [5, 5.41) is 4.44. The lowest BCUT2D eigenvalue weighted by Crippen LogP contribution is -2.50. The monoisotopic (exact) mass is 334 g/mol. The quantitative estimate of drug-likeness (QED) is 0.893. The Hall–Kier alpha value is -0.630. The third-order valence-corrected chi connectivity index (χ3v) is 6.44. The summed E-state index contributed by atoms with van der Waals surface area (Å²) in [6.07, 6.45) is 4.52. The van der Waals surface area contributed by atoms with Crippen LogP contribution in [0.2, 0.25) is 0 Å². The van der Waals surface area contributed by atoms with Gasteiger partial charge in [-0.25, -0.2) is 8.42 Å². The summed E-state index contributed by atoms with van der Waals surface area (Å²) in [4.78, 5) is 0. The Morgan fingerprint density at radius 1 is 1.33 bits per heavy atom. The number of fused-ring (bicyclic) bond motifs is 2. The first-order valence-electron chi connectivity index (χ1n) is 7.31. The Bertz CT molecular complexity index is 575. The molecule has 0 amide bonds. The van der Waals surface area contributed by atoms with Crippen molar-refractivity contribution in [3.63, 3.8) is 0 Å². The van der Waals surface area contributed by atoms with Crippen molar-refractivity contribution >= 4 is 22.4 Å². The first-order chi connectivity index (χ1) is 9.54. The zero-order valence-corrected chi connectivity index (χ0v) is 13.8. The molecule has 8 heteroatoms. The van der Waals surface area contributed by atoms with Crippen LogP contribution in [0, 0.1) is 11.8 Å². The van der Waals surface area contributed by atoms with Crippen molar-refractivity contribution in [3.8, 4) is 0 Å². The Balaban J connectivity index is 0.00000161. The summed E-state index contributed by atoms with van der Waals surface area (Å²) < 4.78 is 28.8. The molecule has 2 aliphatic rings. The van der Waals surface area contributed by atoms with Gasteiger partial charge in [-0.15, -0.1) is 12.4 Å². The van der Waals surface area contributed by atoms with E-state index < -0.39 is 10.0 Å². The number of piperidine rings is 1. The van der Waals surface area contributed by atoms with Crippen molar-refractivity contribution in [2.45, 2.75) is 43.8 Å². The van der Waals surface area contributed by atoms with E-state index in [1.807, 2.05) is 6.92 Å². The zero-order valence-electron chi connectivity index (χ0n) is 12.2. The minimum Gasteiger partial charge on any atom is -0.327 e. The van der Waals surface area contributed by atoms with E-state index >= 15 is 0 Å². The molecule has 1 unspecified atom stereocenters. The maximum atomic E-state index is 12.8. The van der Waals surface area contributed by atoms with Gasteiger partial charge in [-0.2, -0.15) is 9.40 Å². The fraction of sp³-hybridized carbons (Fsp3) is 0.769. The van der Waals surface area contributed by atoms with Gasteiger partial charge in [0.25, 0.3) is 10.0 Å². The first kappa shape index (κ1) is 16.7. The topological polar surface area (TPSA) is 81.2 Å². The van der Waals surface area contributed by atoms with Gasteiger partial charge in [0.15, 0.2) is 5.03 Å². The van der Waals surface area contributed by atoms with Crippen molar-refractivity contribution in [2.24, 2.45) is 17.6 Å². The van der Waals surface area contributed by atoms with E-state index in [9.17, 15) is 8.42 Å². The predicted octanol–water partition coefficient (Wildman–Crippen LogP) is 1.07. The molecule has 0 radical (unpaired) electrons. The van der Waals surface area contributed by atoms with E-state index in [0.29, 0.717) is 36.5 Å². The third-order valence-electron chi connectivity index (χ3n) is 4.59. The predicted molar refractivity (Wildman–Crippen MR) is 82.7 cm³/mol. The fourth-order valence-electron chi connectivity index (χ4n) is 3.47. The van der Waals surface area contributed by atoms with Crippen LogP contribution in [0.4, 0.5) is 0 Å². The van der Waals surface area contributed by atoms with Gasteiger partial charge in [0.05, 0.1) is 6.20 Å². The van der Waals surface area contributed by atoms with Crippen molar-refractivity contribution in [2.75, 3.05) is 13.1 Å². The number of hydrogen-bond donors (Lipinski definition) is 1. The third kappa shape index (κ3) is 2.84. The van der Waals surface area contributed by atoms with Crippen LogP contribution in [-0.2, 0) is 16.6 Å². The molecule has 1 saturated carbocycles. The lowest BCUT2D eigenvalue weighted by Gasteiger charge is -2.35. The van der Waals surface area contributed by atoms with E-state index in [0.717, 1.165) is 19.3 Å². The Morgan fingerprint density at radius 2 is 1.95 bits per heavy atom. The Labute approximate surface area is 132 Å². The van der Waals surface area contributed by atoms with Gasteiger partial charge in [0.1, 0.15) is 0 Å². The van der Waals surface area contributed by atoms with E-state index in [1.54, 1.807) is 21.3 Å². The number of aryl methyl sites for hydroxylation is 1. The summed E-state index contributed by atoms with van der Waals surface area (Å²) in [6.45, 7) is 3.74. The molecule has 0 spiro atoms. The maximum absolute atomic E-state index is 12.8. The Morgan fingerprint density at radius 3 is 2.52 bits per heavy atom. The van der Waals surface area contributed by atoms with Crippen LogP contribution in [0.1, 0.15) is 26.2 Å². The molecule has 1 aromatic rings. The molecule has 1 aliphatic heterocycles. The Kier molecular flexibility index (Phi) is 4.97. The van der Waals surface area contributed by atoms with Crippen LogP contribution in [0.3, 0.4) is 0 Å².